The minimum atomic E-state index is 0.0844. The van der Waals surface area contributed by atoms with E-state index in [0.29, 0.717) is 5.56 Å². The van der Waals surface area contributed by atoms with Crippen LogP contribution in [-0.2, 0) is 0 Å². The molecule has 0 radical (unpaired) electrons. The van der Waals surface area contributed by atoms with E-state index in [-0.39, 0.29) is 4.75 Å². The van der Waals surface area contributed by atoms with E-state index in [2.05, 4.69) is 52.6 Å². The molecule has 1 aromatic rings. The highest BCUT2D eigenvalue weighted by molar-refractivity contribution is 9.11. The predicted molar refractivity (Wildman–Crippen MR) is 72.8 cm³/mol. The smallest absolute Gasteiger partial charge is 0.152 e. The number of halogens is 2. The van der Waals surface area contributed by atoms with Crippen LogP contribution in [0, 0.1) is 0 Å². The van der Waals surface area contributed by atoms with Crippen molar-refractivity contribution in [2.75, 3.05) is 0 Å². The SMILES string of the molecule is CC(C)(C)Sc1c(Br)ccc(Br)c1C=O. The normalized spacial score (nSPS) is 11.5. The summed E-state index contributed by atoms with van der Waals surface area (Å²) >= 11 is 8.54. The first-order valence-corrected chi connectivity index (χ1v) is 6.87. The van der Waals surface area contributed by atoms with Crippen molar-refractivity contribution in [1.29, 1.82) is 0 Å². The number of hydrogen-bond donors (Lipinski definition) is 0. The molecule has 0 saturated heterocycles. The Bertz CT molecular complexity index is 383. The van der Waals surface area contributed by atoms with Gasteiger partial charge in [0.25, 0.3) is 0 Å². The van der Waals surface area contributed by atoms with Crippen LogP contribution in [-0.4, -0.2) is 11.0 Å². The Morgan fingerprint density at radius 2 is 1.73 bits per heavy atom. The molecule has 0 aliphatic carbocycles. The zero-order valence-corrected chi connectivity index (χ0v) is 12.8. The molecule has 1 nitrogen and oxygen atoms in total. The van der Waals surface area contributed by atoms with Crippen LogP contribution in [0.1, 0.15) is 31.1 Å². The molecule has 0 heterocycles. The Hall–Kier alpha value is 0.200. The average molecular weight is 352 g/mol. The minimum absolute atomic E-state index is 0.0844. The second-order valence-corrected chi connectivity index (χ2v) is 7.65. The first kappa shape index (κ1) is 13.3. The van der Waals surface area contributed by atoms with Gasteiger partial charge in [0, 0.05) is 24.2 Å². The summed E-state index contributed by atoms with van der Waals surface area (Å²) < 4.78 is 1.89. The Kier molecular flexibility index (Phi) is 4.44. The lowest BCUT2D eigenvalue weighted by molar-refractivity contribution is 0.112. The molecule has 0 amide bonds. The van der Waals surface area contributed by atoms with Crippen LogP contribution in [0.25, 0.3) is 0 Å². The van der Waals surface area contributed by atoms with Crippen molar-refractivity contribution in [3.63, 3.8) is 0 Å². The van der Waals surface area contributed by atoms with Gasteiger partial charge in [0.15, 0.2) is 6.29 Å². The first-order valence-electron chi connectivity index (χ1n) is 4.47. The molecule has 0 aliphatic rings. The summed E-state index contributed by atoms with van der Waals surface area (Å²) in [5.74, 6) is 0. The third-order valence-electron chi connectivity index (χ3n) is 1.62. The van der Waals surface area contributed by atoms with Crippen LogP contribution < -0.4 is 0 Å². The van der Waals surface area contributed by atoms with Crippen LogP contribution in [0.3, 0.4) is 0 Å². The lowest BCUT2D eigenvalue weighted by Gasteiger charge is -2.20. The van der Waals surface area contributed by atoms with Gasteiger partial charge in [-0.2, -0.15) is 0 Å². The van der Waals surface area contributed by atoms with E-state index in [1.165, 1.54) is 0 Å². The molecule has 0 aliphatic heterocycles. The first-order chi connectivity index (χ1) is 6.85. The summed E-state index contributed by atoms with van der Waals surface area (Å²) in [7, 11) is 0. The number of carbonyl (C=O) groups is 1. The van der Waals surface area contributed by atoms with E-state index in [9.17, 15) is 4.79 Å². The molecule has 0 saturated carbocycles. The summed E-state index contributed by atoms with van der Waals surface area (Å²) in [5.41, 5.74) is 0.712. The van der Waals surface area contributed by atoms with Crippen LogP contribution in [0.15, 0.2) is 26.0 Å². The highest BCUT2D eigenvalue weighted by atomic mass is 79.9. The molecule has 0 bridgehead atoms. The Balaban J connectivity index is 3.25. The van der Waals surface area contributed by atoms with Gasteiger partial charge in [-0.05, 0) is 28.1 Å². The van der Waals surface area contributed by atoms with Crippen molar-refractivity contribution < 1.29 is 4.79 Å². The monoisotopic (exact) mass is 350 g/mol. The minimum Gasteiger partial charge on any atom is -0.298 e. The molecule has 0 spiro atoms. The molecule has 0 unspecified atom stereocenters. The maximum absolute atomic E-state index is 11.0. The maximum Gasteiger partial charge on any atom is 0.152 e. The van der Waals surface area contributed by atoms with Gasteiger partial charge in [-0.1, -0.05) is 36.7 Å². The van der Waals surface area contributed by atoms with Gasteiger partial charge in [-0.25, -0.2) is 0 Å². The lowest BCUT2D eigenvalue weighted by Crippen LogP contribution is -2.08. The number of aldehydes is 1. The van der Waals surface area contributed by atoms with E-state index in [4.69, 9.17) is 0 Å². The fraction of sp³-hybridized carbons (Fsp3) is 0.364. The number of benzene rings is 1. The zero-order valence-electron chi connectivity index (χ0n) is 8.80. The Morgan fingerprint density at radius 3 is 2.20 bits per heavy atom. The predicted octanol–water partition coefficient (Wildman–Crippen LogP) is 4.91. The summed E-state index contributed by atoms with van der Waals surface area (Å²) in [4.78, 5) is 12.0. The lowest BCUT2D eigenvalue weighted by atomic mass is 10.2. The summed E-state index contributed by atoms with van der Waals surface area (Å²) in [6.07, 6.45) is 0.892. The number of carbonyl (C=O) groups excluding carboxylic acids is 1. The molecule has 0 atom stereocenters. The van der Waals surface area contributed by atoms with Crippen molar-refractivity contribution in [1.82, 2.24) is 0 Å². The second-order valence-electron chi connectivity index (χ2n) is 4.10. The van der Waals surface area contributed by atoms with Crippen LogP contribution in [0.5, 0.6) is 0 Å². The molecular formula is C11H12Br2OS. The largest absolute Gasteiger partial charge is 0.298 e. The van der Waals surface area contributed by atoms with E-state index in [1.54, 1.807) is 11.8 Å². The van der Waals surface area contributed by atoms with Gasteiger partial charge in [0.05, 0.1) is 0 Å². The van der Waals surface area contributed by atoms with E-state index in [1.807, 2.05) is 12.1 Å². The third kappa shape index (κ3) is 3.61. The maximum atomic E-state index is 11.0. The standard InChI is InChI=1S/C11H12Br2OS/c1-11(2,3)15-10-7(6-14)8(12)4-5-9(10)13/h4-6H,1-3H3. The van der Waals surface area contributed by atoms with Gasteiger partial charge in [0.1, 0.15) is 0 Å². The van der Waals surface area contributed by atoms with Crippen LogP contribution in [0.4, 0.5) is 0 Å². The molecule has 0 fully saturated rings. The van der Waals surface area contributed by atoms with E-state index < -0.39 is 0 Å². The zero-order chi connectivity index (χ0) is 11.6. The topological polar surface area (TPSA) is 17.1 Å². The van der Waals surface area contributed by atoms with Gasteiger partial charge in [0.2, 0.25) is 0 Å². The number of thioether (sulfide) groups is 1. The number of hydrogen-bond acceptors (Lipinski definition) is 2. The van der Waals surface area contributed by atoms with E-state index >= 15 is 0 Å². The van der Waals surface area contributed by atoms with Gasteiger partial charge >= 0.3 is 0 Å². The molecule has 1 aromatic carbocycles. The summed E-state index contributed by atoms with van der Waals surface area (Å²) in [5, 5.41) is 0. The molecule has 4 heteroatoms. The molecule has 1 rings (SSSR count). The molecular weight excluding hydrogens is 340 g/mol. The second kappa shape index (κ2) is 5.02. The van der Waals surface area contributed by atoms with Crippen molar-refractivity contribution in [2.45, 2.75) is 30.4 Å². The van der Waals surface area contributed by atoms with Crippen molar-refractivity contribution >= 4 is 49.9 Å². The quantitative estimate of drug-likeness (QED) is 0.556. The molecule has 0 N–H and O–H groups in total. The number of rotatable bonds is 2. The summed E-state index contributed by atoms with van der Waals surface area (Å²) in [6.45, 7) is 6.37. The molecule has 82 valence electrons. The third-order valence-corrected chi connectivity index (χ3v) is 4.49. The van der Waals surface area contributed by atoms with Gasteiger partial charge < -0.3 is 0 Å². The van der Waals surface area contributed by atoms with E-state index in [0.717, 1.165) is 20.1 Å². The Labute approximate surface area is 111 Å². The summed E-state index contributed by atoms with van der Waals surface area (Å²) in [6, 6.07) is 3.83. The average Bonchev–Trinajstić information content (AvgIpc) is 2.10. The van der Waals surface area contributed by atoms with Crippen molar-refractivity contribution in [2.24, 2.45) is 0 Å². The fourth-order valence-corrected chi connectivity index (χ4v) is 3.26. The van der Waals surface area contributed by atoms with Crippen molar-refractivity contribution in [3.05, 3.63) is 26.6 Å². The van der Waals surface area contributed by atoms with Crippen molar-refractivity contribution in [3.8, 4) is 0 Å². The van der Waals surface area contributed by atoms with Gasteiger partial charge in [-0.3, -0.25) is 4.79 Å². The van der Waals surface area contributed by atoms with Crippen LogP contribution in [0.2, 0.25) is 0 Å². The highest BCUT2D eigenvalue weighted by Crippen LogP contribution is 2.40. The highest BCUT2D eigenvalue weighted by Gasteiger charge is 2.18. The van der Waals surface area contributed by atoms with Crippen LogP contribution >= 0.6 is 43.6 Å². The molecule has 15 heavy (non-hydrogen) atoms. The molecule has 0 aromatic heterocycles. The Morgan fingerprint density at radius 1 is 1.20 bits per heavy atom. The van der Waals surface area contributed by atoms with Gasteiger partial charge in [-0.15, -0.1) is 11.8 Å². The fourth-order valence-electron chi connectivity index (χ4n) is 1.07.